The minimum Gasteiger partial charge on any atom is -0.467 e. The number of nitrogens with two attached hydrogens (primary N) is 1. The van der Waals surface area contributed by atoms with Gasteiger partial charge in [0.1, 0.15) is 12.4 Å². The van der Waals surface area contributed by atoms with E-state index in [0.29, 0.717) is 25.7 Å². The zero-order chi connectivity index (χ0) is 8.81. The van der Waals surface area contributed by atoms with Crippen LogP contribution in [-0.4, -0.2) is 13.2 Å². The molecule has 1 rings (SSSR count). The van der Waals surface area contributed by atoms with Gasteiger partial charge in [0, 0.05) is 0 Å². The Bertz CT molecular complexity index is 196. The molecule has 1 heterocycles. The molecule has 0 saturated carbocycles. The van der Waals surface area contributed by atoms with Crippen molar-refractivity contribution >= 4 is 0 Å². The van der Waals surface area contributed by atoms with Gasteiger partial charge in [-0.3, -0.25) is 0 Å². The van der Waals surface area contributed by atoms with Crippen LogP contribution in [-0.2, 0) is 11.3 Å². The van der Waals surface area contributed by atoms with Gasteiger partial charge in [-0.25, -0.2) is 0 Å². The highest BCUT2D eigenvalue weighted by atomic mass is 16.5. The summed E-state index contributed by atoms with van der Waals surface area (Å²) in [5.74, 6) is 1.28. The molecule has 1 aromatic rings. The van der Waals surface area contributed by atoms with E-state index in [1.54, 1.807) is 6.26 Å². The number of hydrogen-bond acceptors (Lipinski definition) is 3. The molecule has 0 saturated heterocycles. The van der Waals surface area contributed by atoms with Crippen molar-refractivity contribution in [1.82, 2.24) is 0 Å². The molecule has 3 nitrogen and oxygen atoms in total. The third-order valence-corrected chi connectivity index (χ3v) is 1.63. The smallest absolute Gasteiger partial charge is 0.129 e. The van der Waals surface area contributed by atoms with Crippen LogP contribution in [0.1, 0.15) is 12.7 Å². The summed E-state index contributed by atoms with van der Waals surface area (Å²) < 4.78 is 10.4. The minimum absolute atomic E-state index is 0.417. The standard InChI is InChI=1S/C9H15NO2/c1-8(5-10)6-11-7-9-3-2-4-12-9/h2-4,8H,5-7,10H2,1H3. The first-order valence-electron chi connectivity index (χ1n) is 4.13. The first-order valence-corrected chi connectivity index (χ1v) is 4.13. The summed E-state index contributed by atoms with van der Waals surface area (Å²) in [6, 6.07) is 3.75. The van der Waals surface area contributed by atoms with Gasteiger partial charge >= 0.3 is 0 Å². The molecule has 1 unspecified atom stereocenters. The number of hydrogen-bond donors (Lipinski definition) is 1. The zero-order valence-corrected chi connectivity index (χ0v) is 7.32. The van der Waals surface area contributed by atoms with Crippen molar-refractivity contribution in [3.8, 4) is 0 Å². The summed E-state index contributed by atoms with van der Waals surface area (Å²) in [6.45, 7) is 3.95. The molecule has 0 spiro atoms. The number of furan rings is 1. The lowest BCUT2D eigenvalue weighted by molar-refractivity contribution is 0.0821. The highest BCUT2D eigenvalue weighted by Crippen LogP contribution is 2.03. The van der Waals surface area contributed by atoms with Crippen LogP contribution in [0.5, 0.6) is 0 Å². The Labute approximate surface area is 72.5 Å². The molecule has 0 aliphatic heterocycles. The Morgan fingerprint density at radius 3 is 3.08 bits per heavy atom. The normalized spacial score (nSPS) is 13.2. The van der Waals surface area contributed by atoms with Crippen molar-refractivity contribution in [2.24, 2.45) is 11.7 Å². The highest BCUT2D eigenvalue weighted by molar-refractivity contribution is 4.95. The van der Waals surface area contributed by atoms with E-state index in [4.69, 9.17) is 14.9 Å². The van der Waals surface area contributed by atoms with Gasteiger partial charge in [0.15, 0.2) is 0 Å². The van der Waals surface area contributed by atoms with E-state index in [0.717, 1.165) is 5.76 Å². The molecular formula is C9H15NO2. The topological polar surface area (TPSA) is 48.4 Å². The SMILES string of the molecule is CC(CN)COCc1ccco1. The number of rotatable bonds is 5. The van der Waals surface area contributed by atoms with Crippen LogP contribution in [0.2, 0.25) is 0 Å². The molecule has 0 amide bonds. The van der Waals surface area contributed by atoms with Crippen molar-refractivity contribution in [2.45, 2.75) is 13.5 Å². The summed E-state index contributed by atoms with van der Waals surface area (Å²) >= 11 is 0. The molecule has 0 bridgehead atoms. The van der Waals surface area contributed by atoms with Gasteiger partial charge in [0.2, 0.25) is 0 Å². The lowest BCUT2D eigenvalue weighted by Gasteiger charge is -2.07. The molecule has 2 N–H and O–H groups in total. The van der Waals surface area contributed by atoms with Crippen LogP contribution in [0.3, 0.4) is 0 Å². The predicted octanol–water partition coefficient (Wildman–Crippen LogP) is 1.39. The molecule has 0 aromatic carbocycles. The quantitative estimate of drug-likeness (QED) is 0.724. The Hall–Kier alpha value is -0.800. The van der Waals surface area contributed by atoms with Gasteiger partial charge in [0.25, 0.3) is 0 Å². The van der Waals surface area contributed by atoms with Gasteiger partial charge in [-0.1, -0.05) is 6.92 Å². The fourth-order valence-electron chi connectivity index (χ4n) is 0.823. The van der Waals surface area contributed by atoms with Gasteiger partial charge in [-0.05, 0) is 24.6 Å². The molecule has 0 aliphatic carbocycles. The Balaban J connectivity index is 2.11. The summed E-state index contributed by atoms with van der Waals surface area (Å²) in [5.41, 5.74) is 5.43. The Kier molecular flexibility index (Phi) is 3.84. The van der Waals surface area contributed by atoms with E-state index in [9.17, 15) is 0 Å². The molecule has 3 heteroatoms. The van der Waals surface area contributed by atoms with E-state index >= 15 is 0 Å². The van der Waals surface area contributed by atoms with E-state index in [2.05, 4.69) is 6.92 Å². The van der Waals surface area contributed by atoms with E-state index in [1.165, 1.54) is 0 Å². The Morgan fingerprint density at radius 1 is 1.67 bits per heavy atom. The van der Waals surface area contributed by atoms with Crippen LogP contribution >= 0.6 is 0 Å². The number of ether oxygens (including phenoxy) is 1. The predicted molar refractivity (Wildman–Crippen MR) is 46.6 cm³/mol. The molecule has 0 aliphatic rings. The van der Waals surface area contributed by atoms with Gasteiger partial charge in [0.05, 0.1) is 12.9 Å². The largest absolute Gasteiger partial charge is 0.467 e. The average Bonchev–Trinajstić information content (AvgIpc) is 2.57. The molecule has 0 radical (unpaired) electrons. The molecular weight excluding hydrogens is 154 g/mol. The van der Waals surface area contributed by atoms with E-state index < -0.39 is 0 Å². The van der Waals surface area contributed by atoms with Crippen LogP contribution in [0.4, 0.5) is 0 Å². The lowest BCUT2D eigenvalue weighted by atomic mass is 10.2. The average molecular weight is 169 g/mol. The van der Waals surface area contributed by atoms with Crippen LogP contribution in [0, 0.1) is 5.92 Å². The first kappa shape index (κ1) is 9.29. The second-order valence-corrected chi connectivity index (χ2v) is 2.94. The van der Waals surface area contributed by atoms with Crippen LogP contribution in [0.15, 0.2) is 22.8 Å². The van der Waals surface area contributed by atoms with Crippen molar-refractivity contribution in [3.63, 3.8) is 0 Å². The lowest BCUT2D eigenvalue weighted by Crippen LogP contribution is -2.16. The fourth-order valence-corrected chi connectivity index (χ4v) is 0.823. The van der Waals surface area contributed by atoms with Crippen molar-refractivity contribution in [2.75, 3.05) is 13.2 Å². The third-order valence-electron chi connectivity index (χ3n) is 1.63. The second-order valence-electron chi connectivity index (χ2n) is 2.94. The molecule has 1 atom stereocenters. The van der Waals surface area contributed by atoms with Crippen molar-refractivity contribution < 1.29 is 9.15 Å². The molecule has 68 valence electrons. The van der Waals surface area contributed by atoms with Gasteiger partial charge < -0.3 is 14.9 Å². The maximum absolute atomic E-state index is 5.43. The van der Waals surface area contributed by atoms with E-state index in [-0.39, 0.29) is 0 Å². The summed E-state index contributed by atoms with van der Waals surface area (Å²) in [4.78, 5) is 0. The summed E-state index contributed by atoms with van der Waals surface area (Å²) in [6.07, 6.45) is 1.64. The maximum atomic E-state index is 5.43. The van der Waals surface area contributed by atoms with Crippen LogP contribution < -0.4 is 5.73 Å². The zero-order valence-electron chi connectivity index (χ0n) is 7.32. The monoisotopic (exact) mass is 169 g/mol. The first-order chi connectivity index (χ1) is 5.83. The second kappa shape index (κ2) is 4.95. The summed E-state index contributed by atoms with van der Waals surface area (Å²) in [7, 11) is 0. The van der Waals surface area contributed by atoms with Crippen molar-refractivity contribution in [3.05, 3.63) is 24.2 Å². The third kappa shape index (κ3) is 3.07. The molecule has 0 fully saturated rings. The maximum Gasteiger partial charge on any atom is 0.129 e. The van der Waals surface area contributed by atoms with Gasteiger partial charge in [-0.2, -0.15) is 0 Å². The highest BCUT2D eigenvalue weighted by Gasteiger charge is 2.00. The Morgan fingerprint density at radius 2 is 2.50 bits per heavy atom. The minimum atomic E-state index is 0.417. The fraction of sp³-hybridized carbons (Fsp3) is 0.556. The van der Waals surface area contributed by atoms with Crippen molar-refractivity contribution in [1.29, 1.82) is 0 Å². The van der Waals surface area contributed by atoms with E-state index in [1.807, 2.05) is 12.1 Å². The van der Waals surface area contributed by atoms with Crippen LogP contribution in [0.25, 0.3) is 0 Å². The van der Waals surface area contributed by atoms with Gasteiger partial charge in [-0.15, -0.1) is 0 Å². The molecule has 1 aromatic heterocycles. The summed E-state index contributed by atoms with van der Waals surface area (Å²) in [5, 5.41) is 0. The molecule has 12 heavy (non-hydrogen) atoms.